The summed E-state index contributed by atoms with van der Waals surface area (Å²) in [4.78, 5) is 51.5. The fourth-order valence-corrected chi connectivity index (χ4v) is 5.32. The van der Waals surface area contributed by atoms with E-state index in [9.17, 15) is 19.2 Å². The van der Waals surface area contributed by atoms with Gasteiger partial charge in [0, 0.05) is 49.9 Å². The van der Waals surface area contributed by atoms with E-state index in [1.54, 1.807) is 11.0 Å². The number of carbonyl (C=O) groups excluding carboxylic acids is 4. The molecule has 4 amide bonds. The third-order valence-electron chi connectivity index (χ3n) is 7.37. The van der Waals surface area contributed by atoms with Crippen molar-refractivity contribution in [2.24, 2.45) is 5.92 Å². The van der Waals surface area contributed by atoms with Crippen molar-refractivity contribution in [3.63, 3.8) is 0 Å². The summed E-state index contributed by atoms with van der Waals surface area (Å²) in [6.07, 6.45) is 0.171. The summed E-state index contributed by atoms with van der Waals surface area (Å²) in [5, 5.41) is 2.81. The zero-order chi connectivity index (χ0) is 28.4. The second-order valence-corrected chi connectivity index (χ2v) is 11.4. The fourth-order valence-electron chi connectivity index (χ4n) is 5.32. The molecule has 0 spiro atoms. The first-order chi connectivity index (χ1) is 19.1. The number of hydrogen-bond donors (Lipinski definition) is 1. The van der Waals surface area contributed by atoms with Crippen LogP contribution in [0.2, 0.25) is 0 Å². The highest BCUT2D eigenvalue weighted by atomic mass is 16.6. The summed E-state index contributed by atoms with van der Waals surface area (Å²) >= 11 is 0. The molecular formula is C30H35N3O7. The maximum absolute atomic E-state index is 12.9. The molecule has 5 rings (SSSR count). The number of carbonyl (C=O) groups is 4. The molecule has 2 fully saturated rings. The molecule has 0 aromatic heterocycles. The van der Waals surface area contributed by atoms with E-state index in [2.05, 4.69) is 5.32 Å². The van der Waals surface area contributed by atoms with E-state index in [1.807, 2.05) is 57.2 Å². The molecule has 3 aliphatic heterocycles. The molecule has 3 heterocycles. The zero-order valence-electron chi connectivity index (χ0n) is 23.1. The second kappa shape index (κ2) is 11.2. The summed E-state index contributed by atoms with van der Waals surface area (Å²) in [5.41, 5.74) is 2.01. The lowest BCUT2D eigenvalue weighted by molar-refractivity contribution is -0.138. The largest absolute Gasteiger partial charge is 0.493 e. The number of amides is 4. The zero-order valence-corrected chi connectivity index (χ0v) is 23.1. The van der Waals surface area contributed by atoms with Crippen LogP contribution in [0.25, 0.3) is 0 Å². The van der Waals surface area contributed by atoms with Crippen molar-refractivity contribution in [3.05, 3.63) is 59.2 Å². The van der Waals surface area contributed by atoms with Crippen LogP contribution < -0.4 is 14.8 Å². The van der Waals surface area contributed by atoms with Crippen molar-refractivity contribution in [2.75, 3.05) is 32.8 Å². The summed E-state index contributed by atoms with van der Waals surface area (Å²) in [6.45, 7) is 7.83. The molecule has 0 saturated carbocycles. The predicted octanol–water partition coefficient (Wildman–Crippen LogP) is 3.49. The lowest BCUT2D eigenvalue weighted by atomic mass is 9.89. The number of fused-ring (bicyclic) bond motifs is 1. The Balaban J connectivity index is 1.25. The van der Waals surface area contributed by atoms with Crippen LogP contribution in [0.15, 0.2) is 42.5 Å². The first-order valence-electron chi connectivity index (χ1n) is 13.7. The van der Waals surface area contributed by atoms with Crippen molar-refractivity contribution in [2.45, 2.75) is 51.7 Å². The first kappa shape index (κ1) is 27.5. The number of hydrogen-bond acceptors (Lipinski definition) is 7. The van der Waals surface area contributed by atoms with Crippen molar-refractivity contribution in [1.82, 2.24) is 15.1 Å². The number of likely N-dealkylation sites (tertiary alicyclic amines) is 2. The number of nitrogens with one attached hydrogen (secondary N) is 1. The second-order valence-electron chi connectivity index (χ2n) is 11.4. The van der Waals surface area contributed by atoms with Crippen LogP contribution in [0.5, 0.6) is 11.5 Å². The standard InChI is InChI=1S/C30H35N3O7/c1-30(2,3)40-29(37)32-16-21(18-39-23-9-6-20-15-31-28(36)24(20)14-23)25(17-32)19-4-7-22(8-5-19)38-13-12-33-26(34)10-11-27(33)35/h4-9,14,21,25H,10-13,15-18H2,1-3H3,(H,31,36). The highest BCUT2D eigenvalue weighted by molar-refractivity contribution is 6.02. The average molecular weight is 550 g/mol. The molecule has 212 valence electrons. The smallest absolute Gasteiger partial charge is 0.410 e. The topological polar surface area (TPSA) is 114 Å². The quantitative estimate of drug-likeness (QED) is 0.502. The van der Waals surface area contributed by atoms with Gasteiger partial charge in [-0.15, -0.1) is 0 Å². The van der Waals surface area contributed by atoms with E-state index in [4.69, 9.17) is 14.2 Å². The Morgan fingerprint density at radius 2 is 1.65 bits per heavy atom. The molecule has 2 aromatic carbocycles. The maximum atomic E-state index is 12.9. The molecule has 10 nitrogen and oxygen atoms in total. The van der Waals surface area contributed by atoms with Gasteiger partial charge in [0.2, 0.25) is 11.8 Å². The molecule has 0 radical (unpaired) electrons. The van der Waals surface area contributed by atoms with Crippen molar-refractivity contribution in [1.29, 1.82) is 0 Å². The van der Waals surface area contributed by atoms with Crippen LogP contribution in [0.1, 0.15) is 61.0 Å². The third-order valence-corrected chi connectivity index (χ3v) is 7.37. The van der Waals surface area contributed by atoms with Crippen LogP contribution in [0.3, 0.4) is 0 Å². The molecule has 3 aliphatic rings. The Morgan fingerprint density at radius 1 is 0.950 bits per heavy atom. The number of rotatable bonds is 8. The highest BCUT2D eigenvalue weighted by Gasteiger charge is 2.38. The Kier molecular flexibility index (Phi) is 7.69. The van der Waals surface area contributed by atoms with Gasteiger partial charge in [-0.05, 0) is 56.2 Å². The molecule has 40 heavy (non-hydrogen) atoms. The van der Waals surface area contributed by atoms with Gasteiger partial charge in [-0.25, -0.2) is 4.79 Å². The maximum Gasteiger partial charge on any atom is 0.410 e. The minimum absolute atomic E-state index is 0.000799. The van der Waals surface area contributed by atoms with Crippen molar-refractivity contribution in [3.8, 4) is 11.5 Å². The Morgan fingerprint density at radius 3 is 2.35 bits per heavy atom. The van der Waals surface area contributed by atoms with Gasteiger partial charge in [0.25, 0.3) is 5.91 Å². The molecule has 1 N–H and O–H groups in total. The number of ether oxygens (including phenoxy) is 3. The lowest BCUT2D eigenvalue weighted by Gasteiger charge is -2.24. The summed E-state index contributed by atoms with van der Waals surface area (Å²) in [7, 11) is 0. The van der Waals surface area contributed by atoms with E-state index in [0.717, 1.165) is 11.1 Å². The van der Waals surface area contributed by atoms with Gasteiger partial charge in [0.1, 0.15) is 23.7 Å². The van der Waals surface area contributed by atoms with Gasteiger partial charge in [0.05, 0.1) is 13.2 Å². The van der Waals surface area contributed by atoms with Gasteiger partial charge >= 0.3 is 6.09 Å². The van der Waals surface area contributed by atoms with Crippen LogP contribution in [0.4, 0.5) is 4.79 Å². The van der Waals surface area contributed by atoms with Crippen LogP contribution >= 0.6 is 0 Å². The van der Waals surface area contributed by atoms with E-state index >= 15 is 0 Å². The van der Waals surface area contributed by atoms with E-state index in [1.165, 1.54) is 4.90 Å². The predicted molar refractivity (Wildman–Crippen MR) is 145 cm³/mol. The molecule has 2 aromatic rings. The fraction of sp³-hybridized carbons (Fsp3) is 0.467. The van der Waals surface area contributed by atoms with Crippen LogP contribution in [0, 0.1) is 5.92 Å². The number of nitrogens with zero attached hydrogens (tertiary/aromatic N) is 2. The number of benzene rings is 2. The third kappa shape index (κ3) is 6.21. The van der Waals surface area contributed by atoms with Crippen LogP contribution in [-0.4, -0.2) is 72.1 Å². The number of imide groups is 1. The van der Waals surface area contributed by atoms with Gasteiger partial charge < -0.3 is 24.4 Å². The van der Waals surface area contributed by atoms with Gasteiger partial charge in [-0.3, -0.25) is 19.3 Å². The summed E-state index contributed by atoms with van der Waals surface area (Å²) in [5.74, 6) is 0.828. The van der Waals surface area contributed by atoms with Gasteiger partial charge in [0.15, 0.2) is 0 Å². The minimum Gasteiger partial charge on any atom is -0.493 e. The molecule has 0 bridgehead atoms. The molecule has 0 aliphatic carbocycles. The van der Waals surface area contributed by atoms with Gasteiger partial charge in [-0.2, -0.15) is 0 Å². The van der Waals surface area contributed by atoms with Crippen molar-refractivity contribution < 1.29 is 33.4 Å². The molecule has 10 heteroatoms. The molecule has 2 saturated heterocycles. The normalized spacial score (nSPS) is 20.5. The molecule has 2 unspecified atom stereocenters. The minimum atomic E-state index is -0.602. The lowest BCUT2D eigenvalue weighted by Crippen LogP contribution is -2.35. The Labute approximate surface area is 233 Å². The summed E-state index contributed by atoms with van der Waals surface area (Å²) in [6, 6.07) is 13.2. The van der Waals surface area contributed by atoms with E-state index in [-0.39, 0.29) is 61.6 Å². The summed E-state index contributed by atoms with van der Waals surface area (Å²) < 4.78 is 17.6. The Hall–Kier alpha value is -4.08. The Bertz CT molecular complexity index is 1290. The van der Waals surface area contributed by atoms with Crippen molar-refractivity contribution >= 4 is 23.8 Å². The van der Waals surface area contributed by atoms with E-state index in [0.29, 0.717) is 43.3 Å². The monoisotopic (exact) mass is 549 g/mol. The molecule has 2 atom stereocenters. The van der Waals surface area contributed by atoms with Gasteiger partial charge in [-0.1, -0.05) is 18.2 Å². The molecular weight excluding hydrogens is 514 g/mol. The average Bonchev–Trinajstić information content (AvgIpc) is 3.60. The van der Waals surface area contributed by atoms with E-state index < -0.39 is 5.60 Å². The highest BCUT2D eigenvalue weighted by Crippen LogP contribution is 2.35. The van der Waals surface area contributed by atoms with Crippen LogP contribution in [-0.2, 0) is 20.9 Å². The first-order valence-corrected chi connectivity index (χ1v) is 13.7. The SMILES string of the molecule is CC(C)(C)OC(=O)N1CC(COc2ccc3c(c2)C(=O)NC3)C(c2ccc(OCCN3C(=O)CCC3=O)cc2)C1.